The molecular weight excluding hydrogens is 240 g/mol. The standard InChI is InChI=1S/C14H14N4O/c15-11-8-10(9-3-5-17-6-4-9)13(18-14(11)16)12-2-1-7-19-12/h2-6,8H,1,7,15H2,(H2,16,18). The molecule has 0 saturated carbocycles. The van der Waals surface area contributed by atoms with Crippen LogP contribution in [0.4, 0.5) is 11.5 Å². The largest absolute Gasteiger partial charge is 0.491 e. The number of nitrogens with zero attached hydrogens (tertiary/aromatic N) is 2. The fraction of sp³-hybridized carbons (Fsp3) is 0.143. The van der Waals surface area contributed by atoms with Gasteiger partial charge >= 0.3 is 0 Å². The second-order valence-electron chi connectivity index (χ2n) is 4.30. The topological polar surface area (TPSA) is 87.0 Å². The lowest BCUT2D eigenvalue weighted by atomic mass is 10.0. The van der Waals surface area contributed by atoms with E-state index in [1.807, 2.05) is 24.3 Å². The van der Waals surface area contributed by atoms with E-state index in [1.165, 1.54) is 0 Å². The summed E-state index contributed by atoms with van der Waals surface area (Å²) in [4.78, 5) is 8.39. The molecule has 0 fully saturated rings. The highest BCUT2D eigenvalue weighted by atomic mass is 16.5. The average molecular weight is 254 g/mol. The van der Waals surface area contributed by atoms with Gasteiger partial charge in [0.1, 0.15) is 17.3 Å². The van der Waals surface area contributed by atoms with E-state index in [0.717, 1.165) is 29.0 Å². The van der Waals surface area contributed by atoms with Crippen LogP contribution in [-0.2, 0) is 4.74 Å². The van der Waals surface area contributed by atoms with E-state index in [2.05, 4.69) is 9.97 Å². The molecule has 0 spiro atoms. The predicted octanol–water partition coefficient (Wildman–Crippen LogP) is 2.07. The lowest BCUT2D eigenvalue weighted by Crippen LogP contribution is -2.03. The van der Waals surface area contributed by atoms with Gasteiger partial charge in [-0.2, -0.15) is 0 Å². The Balaban J connectivity index is 2.19. The first-order valence-corrected chi connectivity index (χ1v) is 6.05. The Bertz CT molecular complexity index is 637. The van der Waals surface area contributed by atoms with Crippen LogP contribution in [0.1, 0.15) is 12.1 Å². The predicted molar refractivity (Wildman–Crippen MR) is 74.8 cm³/mol. The van der Waals surface area contributed by atoms with Crippen molar-refractivity contribution in [1.82, 2.24) is 9.97 Å². The minimum absolute atomic E-state index is 0.323. The molecule has 2 aromatic heterocycles. The van der Waals surface area contributed by atoms with Gasteiger partial charge in [0, 0.05) is 24.4 Å². The highest BCUT2D eigenvalue weighted by molar-refractivity contribution is 5.82. The molecule has 1 aliphatic rings. The Labute approximate surface area is 110 Å². The van der Waals surface area contributed by atoms with Gasteiger partial charge in [0.05, 0.1) is 12.3 Å². The monoisotopic (exact) mass is 254 g/mol. The maximum atomic E-state index is 5.86. The van der Waals surface area contributed by atoms with Crippen molar-refractivity contribution in [3.63, 3.8) is 0 Å². The van der Waals surface area contributed by atoms with Crippen molar-refractivity contribution in [2.24, 2.45) is 0 Å². The Morgan fingerprint density at radius 3 is 2.63 bits per heavy atom. The first-order chi connectivity index (χ1) is 9.25. The normalized spacial score (nSPS) is 14.0. The number of hydrogen-bond donors (Lipinski definition) is 2. The molecular formula is C14H14N4O. The van der Waals surface area contributed by atoms with Gasteiger partial charge in [0.2, 0.25) is 0 Å². The molecule has 19 heavy (non-hydrogen) atoms. The van der Waals surface area contributed by atoms with Gasteiger partial charge in [-0.05, 0) is 29.8 Å². The van der Waals surface area contributed by atoms with Crippen LogP contribution in [0.3, 0.4) is 0 Å². The van der Waals surface area contributed by atoms with Gasteiger partial charge < -0.3 is 16.2 Å². The molecule has 96 valence electrons. The first-order valence-electron chi connectivity index (χ1n) is 6.05. The fourth-order valence-corrected chi connectivity index (χ4v) is 2.07. The molecule has 3 rings (SSSR count). The summed E-state index contributed by atoms with van der Waals surface area (Å²) in [6, 6.07) is 5.65. The van der Waals surface area contributed by atoms with Gasteiger partial charge in [-0.15, -0.1) is 0 Å². The second kappa shape index (κ2) is 4.61. The Morgan fingerprint density at radius 2 is 1.95 bits per heavy atom. The third-order valence-corrected chi connectivity index (χ3v) is 3.01. The summed E-state index contributed by atoms with van der Waals surface area (Å²) >= 11 is 0. The van der Waals surface area contributed by atoms with E-state index in [9.17, 15) is 0 Å². The zero-order valence-corrected chi connectivity index (χ0v) is 10.3. The van der Waals surface area contributed by atoms with E-state index < -0.39 is 0 Å². The fourth-order valence-electron chi connectivity index (χ4n) is 2.07. The van der Waals surface area contributed by atoms with Gasteiger partial charge in [0.25, 0.3) is 0 Å². The SMILES string of the molecule is Nc1cc(-c2ccncc2)c(C2=CCCO2)nc1N. The summed E-state index contributed by atoms with van der Waals surface area (Å²) in [6.45, 7) is 0.678. The molecule has 0 bridgehead atoms. The van der Waals surface area contributed by atoms with Crippen LogP contribution in [-0.4, -0.2) is 16.6 Å². The number of pyridine rings is 2. The summed E-state index contributed by atoms with van der Waals surface area (Å²) in [6.07, 6.45) is 6.37. The number of hydrogen-bond acceptors (Lipinski definition) is 5. The molecule has 0 aliphatic carbocycles. The van der Waals surface area contributed by atoms with Crippen LogP contribution in [0.5, 0.6) is 0 Å². The Kier molecular flexibility index (Phi) is 2.79. The summed E-state index contributed by atoms with van der Waals surface area (Å²) in [5.74, 6) is 1.09. The van der Waals surface area contributed by atoms with Crippen molar-refractivity contribution >= 4 is 17.3 Å². The molecule has 5 heteroatoms. The van der Waals surface area contributed by atoms with Crippen LogP contribution in [0.25, 0.3) is 16.9 Å². The minimum atomic E-state index is 0.323. The summed E-state index contributed by atoms with van der Waals surface area (Å²) in [5.41, 5.74) is 14.8. The third kappa shape index (κ3) is 2.10. The van der Waals surface area contributed by atoms with E-state index in [1.54, 1.807) is 12.4 Å². The molecule has 5 nitrogen and oxygen atoms in total. The maximum absolute atomic E-state index is 5.86. The molecule has 0 saturated heterocycles. The Morgan fingerprint density at radius 1 is 1.16 bits per heavy atom. The smallest absolute Gasteiger partial charge is 0.147 e. The highest BCUT2D eigenvalue weighted by Crippen LogP contribution is 2.33. The van der Waals surface area contributed by atoms with Crippen molar-refractivity contribution in [1.29, 1.82) is 0 Å². The third-order valence-electron chi connectivity index (χ3n) is 3.01. The van der Waals surface area contributed by atoms with Gasteiger partial charge in [-0.25, -0.2) is 4.98 Å². The van der Waals surface area contributed by atoms with Crippen LogP contribution in [0, 0.1) is 0 Å². The quantitative estimate of drug-likeness (QED) is 0.856. The van der Waals surface area contributed by atoms with Crippen LogP contribution in [0.2, 0.25) is 0 Å². The van der Waals surface area contributed by atoms with Gasteiger partial charge in [-0.1, -0.05) is 0 Å². The molecule has 1 aliphatic heterocycles. The van der Waals surface area contributed by atoms with Gasteiger partial charge in [0.15, 0.2) is 0 Å². The molecule has 3 heterocycles. The summed E-state index contributed by atoms with van der Waals surface area (Å²) < 4.78 is 5.58. The molecule has 0 atom stereocenters. The molecule has 4 N–H and O–H groups in total. The molecule has 2 aromatic rings. The van der Waals surface area contributed by atoms with E-state index in [-0.39, 0.29) is 0 Å². The van der Waals surface area contributed by atoms with Crippen LogP contribution in [0.15, 0.2) is 36.7 Å². The number of nitrogen functional groups attached to an aromatic ring is 2. The van der Waals surface area contributed by atoms with E-state index in [0.29, 0.717) is 18.1 Å². The Hall–Kier alpha value is -2.56. The van der Waals surface area contributed by atoms with E-state index >= 15 is 0 Å². The second-order valence-corrected chi connectivity index (χ2v) is 4.30. The zero-order valence-electron chi connectivity index (χ0n) is 10.3. The molecule has 0 amide bonds. The number of ether oxygens (including phenoxy) is 1. The first kappa shape index (κ1) is 11.5. The highest BCUT2D eigenvalue weighted by Gasteiger charge is 2.17. The van der Waals surface area contributed by atoms with Gasteiger partial charge in [-0.3, -0.25) is 4.98 Å². The number of anilines is 2. The van der Waals surface area contributed by atoms with Crippen molar-refractivity contribution in [3.05, 3.63) is 42.4 Å². The van der Waals surface area contributed by atoms with Crippen molar-refractivity contribution in [3.8, 4) is 11.1 Å². The lowest BCUT2D eigenvalue weighted by molar-refractivity contribution is 0.306. The number of rotatable bonds is 2. The average Bonchev–Trinajstić information content (AvgIpc) is 2.96. The molecule has 0 radical (unpaired) electrons. The van der Waals surface area contributed by atoms with Crippen molar-refractivity contribution in [2.75, 3.05) is 18.1 Å². The number of aromatic nitrogens is 2. The van der Waals surface area contributed by atoms with Crippen LogP contribution < -0.4 is 11.5 Å². The summed E-state index contributed by atoms with van der Waals surface area (Å²) in [7, 11) is 0. The van der Waals surface area contributed by atoms with E-state index in [4.69, 9.17) is 16.2 Å². The minimum Gasteiger partial charge on any atom is -0.491 e. The molecule has 0 aromatic carbocycles. The number of nitrogens with two attached hydrogens (primary N) is 2. The van der Waals surface area contributed by atoms with Crippen molar-refractivity contribution in [2.45, 2.75) is 6.42 Å². The van der Waals surface area contributed by atoms with Crippen molar-refractivity contribution < 1.29 is 4.74 Å². The van der Waals surface area contributed by atoms with Crippen LogP contribution >= 0.6 is 0 Å². The molecule has 0 unspecified atom stereocenters. The lowest BCUT2D eigenvalue weighted by Gasteiger charge is -2.12. The maximum Gasteiger partial charge on any atom is 0.147 e. The summed E-state index contributed by atoms with van der Waals surface area (Å²) in [5, 5.41) is 0. The zero-order chi connectivity index (χ0) is 13.2.